The summed E-state index contributed by atoms with van der Waals surface area (Å²) in [7, 11) is 0. The van der Waals surface area contributed by atoms with Gasteiger partial charge < -0.3 is 0 Å². The largest absolute Gasteiger partial charge is 0.280 e. The standard InChI is InChI=1S/C10H10N8/c1-6-3-7(2)18(17-6)10-15-13-9(14-16-10)8(4-11)5-12/h3,13-14H,1-2H3,(H,15,16). The van der Waals surface area contributed by atoms with Crippen LogP contribution in [-0.2, 0) is 0 Å². The first-order chi connectivity index (χ1) is 8.65. The zero-order chi connectivity index (χ0) is 13.1. The molecule has 0 fully saturated rings. The maximum absolute atomic E-state index is 8.70. The summed E-state index contributed by atoms with van der Waals surface area (Å²) in [5, 5.41) is 25.7. The molecule has 0 atom stereocenters. The first-order valence-electron chi connectivity index (χ1n) is 5.09. The van der Waals surface area contributed by atoms with Crippen molar-refractivity contribution in [3.05, 3.63) is 28.8 Å². The number of rotatable bonds is 0. The quantitative estimate of drug-likeness (QED) is 0.532. The smallest absolute Gasteiger partial charge is 0.260 e. The predicted octanol–water partition coefficient (Wildman–Crippen LogP) is -0.425. The van der Waals surface area contributed by atoms with Crippen LogP contribution < -0.4 is 16.3 Å². The Morgan fingerprint density at radius 3 is 2.44 bits per heavy atom. The molecule has 8 nitrogen and oxygen atoms in total. The van der Waals surface area contributed by atoms with Gasteiger partial charge in [-0.25, -0.2) is 4.68 Å². The van der Waals surface area contributed by atoms with Crippen LogP contribution in [0.5, 0.6) is 0 Å². The van der Waals surface area contributed by atoms with Crippen LogP contribution in [0.25, 0.3) is 0 Å². The highest BCUT2D eigenvalue weighted by Crippen LogP contribution is 2.03. The summed E-state index contributed by atoms with van der Waals surface area (Å²) < 4.78 is 1.60. The molecule has 1 aromatic heterocycles. The molecule has 90 valence electrons. The molecule has 0 saturated heterocycles. The van der Waals surface area contributed by atoms with Crippen molar-refractivity contribution in [3.63, 3.8) is 0 Å². The van der Waals surface area contributed by atoms with Crippen molar-refractivity contribution in [2.45, 2.75) is 13.8 Å². The van der Waals surface area contributed by atoms with Gasteiger partial charge in [0.1, 0.15) is 12.1 Å². The van der Waals surface area contributed by atoms with Gasteiger partial charge in [-0.2, -0.15) is 15.6 Å². The Bertz CT molecular complexity index is 605. The third-order valence-corrected chi connectivity index (χ3v) is 2.26. The summed E-state index contributed by atoms with van der Waals surface area (Å²) in [6, 6.07) is 5.42. The molecular formula is C10H10N8. The summed E-state index contributed by atoms with van der Waals surface area (Å²) >= 11 is 0. The SMILES string of the molecule is Cc1cc(C)n(C2=NNC(=C(C#N)C#N)NN2)n1. The second-order valence-corrected chi connectivity index (χ2v) is 3.61. The van der Waals surface area contributed by atoms with Gasteiger partial charge in [0.2, 0.25) is 0 Å². The molecule has 1 aliphatic rings. The average molecular weight is 242 g/mol. The molecule has 18 heavy (non-hydrogen) atoms. The van der Waals surface area contributed by atoms with Gasteiger partial charge in [-0.15, -0.1) is 5.10 Å². The number of nitrogens with one attached hydrogen (secondary N) is 3. The second-order valence-electron chi connectivity index (χ2n) is 3.61. The van der Waals surface area contributed by atoms with Crippen molar-refractivity contribution in [1.29, 1.82) is 10.5 Å². The number of aryl methyl sites for hydroxylation is 2. The number of hydrazine groups is 1. The first kappa shape index (κ1) is 11.5. The molecule has 3 N–H and O–H groups in total. The van der Waals surface area contributed by atoms with Crippen molar-refractivity contribution < 1.29 is 0 Å². The van der Waals surface area contributed by atoms with Gasteiger partial charge in [-0.05, 0) is 19.9 Å². The van der Waals surface area contributed by atoms with Gasteiger partial charge in [0.05, 0.1) is 5.69 Å². The predicted molar refractivity (Wildman–Crippen MR) is 62.2 cm³/mol. The van der Waals surface area contributed by atoms with Gasteiger partial charge in [0, 0.05) is 5.69 Å². The van der Waals surface area contributed by atoms with Crippen LogP contribution in [0.1, 0.15) is 11.4 Å². The van der Waals surface area contributed by atoms with Crippen molar-refractivity contribution >= 4 is 5.96 Å². The Morgan fingerprint density at radius 1 is 1.28 bits per heavy atom. The highest BCUT2D eigenvalue weighted by molar-refractivity contribution is 5.82. The molecule has 1 aromatic rings. The molecule has 1 aliphatic heterocycles. The van der Waals surface area contributed by atoms with Crippen LogP contribution in [0.3, 0.4) is 0 Å². The lowest BCUT2D eigenvalue weighted by Crippen LogP contribution is -2.49. The summed E-state index contributed by atoms with van der Waals surface area (Å²) in [4.78, 5) is 0. The summed E-state index contributed by atoms with van der Waals surface area (Å²) in [5.41, 5.74) is 9.75. The topological polar surface area (TPSA) is 114 Å². The molecule has 8 heteroatoms. The third-order valence-electron chi connectivity index (χ3n) is 2.26. The van der Waals surface area contributed by atoms with Crippen LogP contribution in [0, 0.1) is 36.5 Å². The Labute approximate surface area is 103 Å². The molecule has 0 aliphatic carbocycles. The lowest BCUT2D eigenvalue weighted by atomic mass is 10.3. The Balaban J connectivity index is 2.28. The summed E-state index contributed by atoms with van der Waals surface area (Å²) in [6.45, 7) is 3.77. The van der Waals surface area contributed by atoms with Crippen LogP contribution in [0.4, 0.5) is 0 Å². The highest BCUT2D eigenvalue weighted by atomic mass is 15.6. The minimum absolute atomic E-state index is 0.0846. The molecule has 0 bridgehead atoms. The molecule has 0 amide bonds. The fraction of sp³-hybridized carbons (Fsp3) is 0.200. The Hall–Kier alpha value is -3.00. The van der Waals surface area contributed by atoms with E-state index in [1.54, 1.807) is 16.8 Å². The number of hydrogen-bond donors (Lipinski definition) is 3. The van der Waals surface area contributed by atoms with Crippen molar-refractivity contribution in [3.8, 4) is 12.1 Å². The molecule has 2 rings (SSSR count). The molecular weight excluding hydrogens is 232 g/mol. The Morgan fingerprint density at radius 2 is 2.00 bits per heavy atom. The third kappa shape index (κ3) is 1.95. The zero-order valence-electron chi connectivity index (χ0n) is 9.81. The van der Waals surface area contributed by atoms with E-state index in [0.717, 1.165) is 11.4 Å². The number of hydrazone groups is 1. The van der Waals surface area contributed by atoms with Crippen LogP contribution in [-0.4, -0.2) is 15.7 Å². The van der Waals surface area contributed by atoms with Crippen molar-refractivity contribution in [2.24, 2.45) is 5.10 Å². The molecule has 0 unspecified atom stereocenters. The van der Waals surface area contributed by atoms with E-state index in [2.05, 4.69) is 26.5 Å². The van der Waals surface area contributed by atoms with E-state index in [1.165, 1.54) is 0 Å². The highest BCUT2D eigenvalue weighted by Gasteiger charge is 2.15. The molecule has 2 heterocycles. The normalized spacial score (nSPS) is 13.3. The van der Waals surface area contributed by atoms with Crippen molar-refractivity contribution in [2.75, 3.05) is 0 Å². The van der Waals surface area contributed by atoms with E-state index in [0.29, 0.717) is 5.96 Å². The minimum Gasteiger partial charge on any atom is -0.280 e. The number of hydrogen-bond acceptors (Lipinski definition) is 7. The van der Waals surface area contributed by atoms with Crippen LogP contribution in [0.2, 0.25) is 0 Å². The molecule has 0 radical (unpaired) electrons. The summed E-state index contributed by atoms with van der Waals surface area (Å²) in [5.74, 6) is 0.643. The monoisotopic (exact) mass is 242 g/mol. The Kier molecular flexibility index (Phi) is 2.85. The van der Waals surface area contributed by atoms with E-state index < -0.39 is 0 Å². The van der Waals surface area contributed by atoms with Gasteiger partial charge in [-0.3, -0.25) is 16.3 Å². The van der Waals surface area contributed by atoms with E-state index in [-0.39, 0.29) is 11.4 Å². The number of aromatic nitrogens is 2. The van der Waals surface area contributed by atoms with E-state index in [4.69, 9.17) is 10.5 Å². The number of nitriles is 2. The molecule has 0 aromatic carbocycles. The molecule has 0 spiro atoms. The lowest BCUT2D eigenvalue weighted by Gasteiger charge is -2.20. The number of nitrogens with zero attached hydrogens (tertiary/aromatic N) is 5. The lowest BCUT2D eigenvalue weighted by molar-refractivity contribution is 0.600. The van der Waals surface area contributed by atoms with Gasteiger partial charge in [0.15, 0.2) is 11.4 Å². The van der Waals surface area contributed by atoms with Gasteiger partial charge in [0.25, 0.3) is 5.96 Å². The van der Waals surface area contributed by atoms with Gasteiger partial charge in [-0.1, -0.05) is 0 Å². The fourth-order valence-electron chi connectivity index (χ4n) is 1.48. The van der Waals surface area contributed by atoms with Crippen molar-refractivity contribution in [1.82, 2.24) is 26.1 Å². The van der Waals surface area contributed by atoms with E-state index in [1.807, 2.05) is 19.9 Å². The first-order valence-corrected chi connectivity index (χ1v) is 5.09. The zero-order valence-corrected chi connectivity index (χ0v) is 9.81. The second kappa shape index (κ2) is 4.47. The van der Waals surface area contributed by atoms with E-state index in [9.17, 15) is 0 Å². The molecule has 0 saturated carbocycles. The number of allylic oxidation sites excluding steroid dienone is 1. The summed E-state index contributed by atoms with van der Waals surface area (Å²) in [6.07, 6.45) is 0. The fourth-order valence-corrected chi connectivity index (χ4v) is 1.48. The maximum Gasteiger partial charge on any atom is 0.260 e. The van der Waals surface area contributed by atoms with Gasteiger partial charge >= 0.3 is 0 Å². The van der Waals surface area contributed by atoms with E-state index >= 15 is 0 Å². The van der Waals surface area contributed by atoms with Crippen LogP contribution in [0.15, 0.2) is 22.6 Å². The minimum atomic E-state index is -0.0846. The maximum atomic E-state index is 8.70. The van der Waals surface area contributed by atoms with Crippen LogP contribution >= 0.6 is 0 Å². The average Bonchev–Trinajstić information content (AvgIpc) is 2.71.